The molecule has 2 fully saturated rings. The first kappa shape index (κ1) is 23.1. The van der Waals surface area contributed by atoms with E-state index in [9.17, 15) is 18.0 Å². The largest absolute Gasteiger partial charge is 0.352 e. The Kier molecular flexibility index (Phi) is 7.81. The lowest BCUT2D eigenvalue weighted by molar-refractivity contribution is -0.133. The van der Waals surface area contributed by atoms with Gasteiger partial charge in [0, 0.05) is 25.0 Å². The number of thioether (sulfide) groups is 1. The molecule has 1 saturated carbocycles. The molecule has 2 aliphatic rings. The quantitative estimate of drug-likeness (QED) is 0.596. The molecule has 0 aromatic heterocycles. The number of sulfonamides is 1. The van der Waals surface area contributed by atoms with Gasteiger partial charge in [0.15, 0.2) is 0 Å². The summed E-state index contributed by atoms with van der Waals surface area (Å²) in [6.07, 6.45) is 5.73. The first-order valence-electron chi connectivity index (χ1n) is 10.5. The number of nitrogens with zero attached hydrogens (tertiary/aromatic N) is 1. The van der Waals surface area contributed by atoms with Crippen LogP contribution in [0.15, 0.2) is 29.2 Å². The number of carbonyl (C=O) groups excluding carboxylic acids is 2. The lowest BCUT2D eigenvalue weighted by atomic mass is 10.0. The third-order valence-electron chi connectivity index (χ3n) is 5.64. The first-order chi connectivity index (χ1) is 14.3. The Bertz CT molecular complexity index is 846. The van der Waals surface area contributed by atoms with Crippen LogP contribution in [-0.4, -0.2) is 62.3 Å². The maximum Gasteiger partial charge on any atom is 0.241 e. The zero-order chi connectivity index (χ0) is 21.7. The molecule has 1 atom stereocenters. The van der Waals surface area contributed by atoms with Crippen molar-refractivity contribution in [3.63, 3.8) is 0 Å². The average Bonchev–Trinajstić information content (AvgIpc) is 3.57. The summed E-state index contributed by atoms with van der Waals surface area (Å²) in [5.74, 6) is 0.821. The first-order valence-corrected chi connectivity index (χ1v) is 13.3. The standard InChI is InChI=1S/C21H31N3O4S2/c1-15-3-7-18(8-4-15)30(27,28)23-19(11-14-29-2)20(25)22-17-9-12-24(13-10-17)21(26)16-5-6-16/h3-4,7-8,16-17,19,23H,5-6,9-14H2,1-2H3,(H,22,25)/t19-/m0/s1. The zero-order valence-electron chi connectivity index (χ0n) is 17.6. The summed E-state index contributed by atoms with van der Waals surface area (Å²) in [7, 11) is -3.79. The van der Waals surface area contributed by atoms with E-state index >= 15 is 0 Å². The molecule has 166 valence electrons. The van der Waals surface area contributed by atoms with E-state index in [0.29, 0.717) is 38.1 Å². The number of amides is 2. The normalized spacial score (nSPS) is 18.8. The molecule has 7 nitrogen and oxygen atoms in total. The van der Waals surface area contributed by atoms with Gasteiger partial charge in [-0.2, -0.15) is 16.5 Å². The van der Waals surface area contributed by atoms with E-state index in [1.165, 1.54) is 0 Å². The topological polar surface area (TPSA) is 95.6 Å². The van der Waals surface area contributed by atoms with Gasteiger partial charge in [-0.05, 0) is 63.2 Å². The van der Waals surface area contributed by atoms with Crippen molar-refractivity contribution in [3.8, 4) is 0 Å². The van der Waals surface area contributed by atoms with E-state index in [1.807, 2.05) is 18.1 Å². The van der Waals surface area contributed by atoms with Gasteiger partial charge in [-0.25, -0.2) is 8.42 Å². The Morgan fingerprint density at radius 3 is 2.33 bits per heavy atom. The van der Waals surface area contributed by atoms with Crippen LogP contribution in [0.3, 0.4) is 0 Å². The molecule has 9 heteroatoms. The average molecular weight is 454 g/mol. The van der Waals surface area contributed by atoms with Gasteiger partial charge in [0.2, 0.25) is 21.8 Å². The fourth-order valence-corrected chi connectivity index (χ4v) is 5.29. The van der Waals surface area contributed by atoms with Crippen LogP contribution in [0.2, 0.25) is 0 Å². The van der Waals surface area contributed by atoms with Crippen molar-refractivity contribution in [2.45, 2.75) is 56.0 Å². The number of rotatable bonds is 9. The van der Waals surface area contributed by atoms with E-state index in [-0.39, 0.29) is 28.7 Å². The van der Waals surface area contributed by atoms with E-state index in [1.54, 1.807) is 36.0 Å². The summed E-state index contributed by atoms with van der Waals surface area (Å²) in [6, 6.07) is 5.71. The van der Waals surface area contributed by atoms with Crippen molar-refractivity contribution in [1.82, 2.24) is 14.9 Å². The zero-order valence-corrected chi connectivity index (χ0v) is 19.2. The van der Waals surface area contributed by atoms with Crippen LogP contribution in [-0.2, 0) is 19.6 Å². The number of hydrogen-bond acceptors (Lipinski definition) is 5. The Morgan fingerprint density at radius 1 is 1.13 bits per heavy atom. The minimum Gasteiger partial charge on any atom is -0.352 e. The maximum absolute atomic E-state index is 12.9. The van der Waals surface area contributed by atoms with Crippen LogP contribution in [0.1, 0.15) is 37.7 Å². The maximum atomic E-state index is 12.9. The Morgan fingerprint density at radius 2 is 1.77 bits per heavy atom. The van der Waals surface area contributed by atoms with Crippen molar-refractivity contribution >= 4 is 33.6 Å². The number of aryl methyl sites for hydroxylation is 1. The second kappa shape index (κ2) is 10.2. The number of nitrogens with one attached hydrogen (secondary N) is 2. The second-order valence-electron chi connectivity index (χ2n) is 8.15. The summed E-state index contributed by atoms with van der Waals surface area (Å²) < 4.78 is 28.1. The summed E-state index contributed by atoms with van der Waals surface area (Å²) >= 11 is 1.57. The van der Waals surface area contributed by atoms with Crippen molar-refractivity contribution in [3.05, 3.63) is 29.8 Å². The predicted molar refractivity (Wildman–Crippen MR) is 119 cm³/mol. The van der Waals surface area contributed by atoms with Crippen LogP contribution < -0.4 is 10.0 Å². The van der Waals surface area contributed by atoms with Crippen LogP contribution in [0.25, 0.3) is 0 Å². The third-order valence-corrected chi connectivity index (χ3v) is 7.77. The highest BCUT2D eigenvalue weighted by Crippen LogP contribution is 2.31. The molecule has 0 radical (unpaired) electrons. The Hall–Kier alpha value is -1.58. The van der Waals surface area contributed by atoms with E-state index in [0.717, 1.165) is 18.4 Å². The molecule has 1 aromatic rings. The highest BCUT2D eigenvalue weighted by atomic mass is 32.2. The summed E-state index contributed by atoms with van der Waals surface area (Å²) in [5, 5.41) is 3.00. The highest BCUT2D eigenvalue weighted by Gasteiger charge is 2.35. The highest BCUT2D eigenvalue weighted by molar-refractivity contribution is 7.98. The third kappa shape index (κ3) is 6.21. The molecule has 3 rings (SSSR count). The molecule has 1 aliphatic heterocycles. The van der Waals surface area contributed by atoms with E-state index in [2.05, 4.69) is 10.0 Å². The predicted octanol–water partition coefficient (Wildman–Crippen LogP) is 1.91. The summed E-state index contributed by atoms with van der Waals surface area (Å²) in [4.78, 5) is 27.1. The molecule has 30 heavy (non-hydrogen) atoms. The second-order valence-corrected chi connectivity index (χ2v) is 10.9. The molecule has 0 unspecified atom stereocenters. The van der Waals surface area contributed by atoms with Gasteiger partial charge >= 0.3 is 0 Å². The molecule has 1 aromatic carbocycles. The van der Waals surface area contributed by atoms with Gasteiger partial charge in [-0.1, -0.05) is 17.7 Å². The summed E-state index contributed by atoms with van der Waals surface area (Å²) in [5.41, 5.74) is 0.970. The van der Waals surface area contributed by atoms with Crippen molar-refractivity contribution in [2.75, 3.05) is 25.1 Å². The van der Waals surface area contributed by atoms with Gasteiger partial charge in [0.05, 0.1) is 4.90 Å². The van der Waals surface area contributed by atoms with Crippen LogP contribution in [0.5, 0.6) is 0 Å². The molecule has 0 bridgehead atoms. The summed E-state index contributed by atoms with van der Waals surface area (Å²) in [6.45, 7) is 3.18. The minimum absolute atomic E-state index is 0.0404. The number of piperidine rings is 1. The van der Waals surface area contributed by atoms with Gasteiger partial charge in [-0.3, -0.25) is 9.59 Å². The molecular weight excluding hydrogens is 422 g/mol. The van der Waals surface area contributed by atoms with Crippen LogP contribution >= 0.6 is 11.8 Å². The Balaban J connectivity index is 1.58. The van der Waals surface area contributed by atoms with Gasteiger partial charge in [0.25, 0.3) is 0 Å². The fourth-order valence-electron chi connectivity index (χ4n) is 3.59. The molecule has 1 saturated heterocycles. The van der Waals surface area contributed by atoms with Gasteiger partial charge in [0.1, 0.15) is 6.04 Å². The minimum atomic E-state index is -3.79. The molecule has 2 N–H and O–H groups in total. The lowest BCUT2D eigenvalue weighted by Gasteiger charge is -2.33. The molecule has 1 aliphatic carbocycles. The number of likely N-dealkylation sites (tertiary alicyclic amines) is 1. The van der Waals surface area contributed by atoms with Crippen LogP contribution in [0.4, 0.5) is 0 Å². The fraction of sp³-hybridized carbons (Fsp3) is 0.619. The van der Waals surface area contributed by atoms with Gasteiger partial charge < -0.3 is 10.2 Å². The van der Waals surface area contributed by atoms with E-state index < -0.39 is 16.1 Å². The number of hydrogen-bond donors (Lipinski definition) is 2. The molecule has 0 spiro atoms. The van der Waals surface area contributed by atoms with Crippen molar-refractivity contribution < 1.29 is 18.0 Å². The number of benzene rings is 1. The molecular formula is C21H31N3O4S2. The lowest BCUT2D eigenvalue weighted by Crippen LogP contribution is -2.53. The molecule has 1 heterocycles. The smallest absolute Gasteiger partial charge is 0.241 e. The van der Waals surface area contributed by atoms with E-state index in [4.69, 9.17) is 0 Å². The van der Waals surface area contributed by atoms with Crippen molar-refractivity contribution in [1.29, 1.82) is 0 Å². The molecule has 2 amide bonds. The number of carbonyl (C=O) groups is 2. The SMILES string of the molecule is CSCC[C@H](NS(=O)(=O)c1ccc(C)cc1)C(=O)NC1CCN(C(=O)C2CC2)CC1. The van der Waals surface area contributed by atoms with Crippen molar-refractivity contribution in [2.24, 2.45) is 5.92 Å². The van der Waals surface area contributed by atoms with Crippen LogP contribution in [0, 0.1) is 12.8 Å². The monoisotopic (exact) mass is 453 g/mol. The van der Waals surface area contributed by atoms with Gasteiger partial charge in [-0.15, -0.1) is 0 Å². The Labute approximate surface area is 183 Å².